The van der Waals surface area contributed by atoms with E-state index in [-0.39, 0.29) is 11.8 Å². The second-order valence-corrected chi connectivity index (χ2v) is 7.38. The van der Waals surface area contributed by atoms with Gasteiger partial charge in [-0.05, 0) is 64.2 Å². The predicted octanol–water partition coefficient (Wildman–Crippen LogP) is 3.32. The molecule has 2 heterocycles. The summed E-state index contributed by atoms with van der Waals surface area (Å²) in [5.74, 6) is 0.342. The largest absolute Gasteiger partial charge is 0.376 e. The number of hydrogen-bond donors (Lipinski definition) is 1. The molecular weight excluding hydrogens is 314 g/mol. The Bertz CT molecular complexity index is 648. The summed E-state index contributed by atoms with van der Waals surface area (Å²) in [7, 11) is 0. The second-order valence-electron chi connectivity index (χ2n) is 7.38. The summed E-state index contributed by atoms with van der Waals surface area (Å²) in [4.78, 5) is 28.6. The van der Waals surface area contributed by atoms with E-state index in [4.69, 9.17) is 0 Å². The van der Waals surface area contributed by atoms with Gasteiger partial charge in [-0.15, -0.1) is 0 Å². The van der Waals surface area contributed by atoms with Crippen molar-refractivity contribution in [2.75, 3.05) is 23.3 Å². The monoisotopic (exact) mass is 343 g/mol. The summed E-state index contributed by atoms with van der Waals surface area (Å²) >= 11 is 0. The third-order valence-electron chi connectivity index (χ3n) is 5.58. The van der Waals surface area contributed by atoms with E-state index in [1.54, 1.807) is 0 Å². The number of anilines is 2. The quantitative estimate of drug-likeness (QED) is 0.912. The number of carbonyl (C=O) groups is 2. The number of nitrogens with one attached hydrogen (secondary N) is 1. The average Bonchev–Trinajstić information content (AvgIpc) is 2.99. The molecule has 2 amide bonds. The summed E-state index contributed by atoms with van der Waals surface area (Å²) in [6.07, 6.45) is 4.91. The number of hydrogen-bond acceptors (Lipinski definition) is 3. The van der Waals surface area contributed by atoms with E-state index < -0.39 is 0 Å². The summed E-state index contributed by atoms with van der Waals surface area (Å²) in [6, 6.07) is 6.54. The first-order chi connectivity index (χ1) is 12.0. The lowest BCUT2D eigenvalue weighted by atomic mass is 9.97. The zero-order chi connectivity index (χ0) is 18.0. The van der Waals surface area contributed by atoms with Crippen LogP contribution in [0.1, 0.15) is 51.5 Å². The average molecular weight is 343 g/mol. The van der Waals surface area contributed by atoms with Gasteiger partial charge in [0.2, 0.25) is 11.8 Å². The molecule has 1 aromatic rings. The smallest absolute Gasteiger partial charge is 0.242 e. The minimum Gasteiger partial charge on any atom is -0.376 e. The van der Waals surface area contributed by atoms with Gasteiger partial charge in [0.1, 0.15) is 0 Å². The van der Waals surface area contributed by atoms with Gasteiger partial charge < -0.3 is 15.1 Å². The van der Waals surface area contributed by atoms with Gasteiger partial charge in [0, 0.05) is 36.4 Å². The van der Waals surface area contributed by atoms with Gasteiger partial charge in [0.05, 0.1) is 6.54 Å². The van der Waals surface area contributed by atoms with Crippen molar-refractivity contribution in [1.82, 2.24) is 4.90 Å². The molecule has 0 aliphatic carbocycles. The van der Waals surface area contributed by atoms with Gasteiger partial charge in [0.25, 0.3) is 0 Å². The van der Waals surface area contributed by atoms with E-state index >= 15 is 0 Å². The first-order valence-corrected chi connectivity index (χ1v) is 9.44. The molecule has 0 saturated carbocycles. The molecule has 2 unspecified atom stereocenters. The van der Waals surface area contributed by atoms with Crippen LogP contribution in [-0.4, -0.2) is 41.9 Å². The predicted molar refractivity (Wildman–Crippen MR) is 101 cm³/mol. The molecule has 2 aliphatic rings. The fourth-order valence-corrected chi connectivity index (χ4v) is 4.19. The molecule has 5 heteroatoms. The molecule has 0 bridgehead atoms. The maximum Gasteiger partial charge on any atom is 0.242 e. The van der Waals surface area contributed by atoms with Gasteiger partial charge in [-0.25, -0.2) is 0 Å². The fraction of sp³-hybridized carbons (Fsp3) is 0.600. The zero-order valence-corrected chi connectivity index (χ0v) is 15.5. The van der Waals surface area contributed by atoms with Crippen molar-refractivity contribution in [3.8, 4) is 0 Å². The van der Waals surface area contributed by atoms with E-state index in [9.17, 15) is 9.59 Å². The lowest BCUT2D eigenvalue weighted by molar-refractivity contribution is -0.135. The number of nitrogens with zero attached hydrogens (tertiary/aromatic N) is 2. The third-order valence-corrected chi connectivity index (χ3v) is 5.58. The van der Waals surface area contributed by atoms with Crippen LogP contribution in [0.2, 0.25) is 0 Å². The Kier molecular flexibility index (Phi) is 5.30. The van der Waals surface area contributed by atoms with Gasteiger partial charge in [-0.3, -0.25) is 9.59 Å². The standard InChI is InChI=1S/C20H29N3O2/c1-14-7-4-8-15(2)23(14)20(25)13-21-17-9-5-10-18(16(17)3)22-12-6-11-19(22)24/h5,9-10,14-15,21H,4,6-8,11-13H2,1-3H3. The lowest BCUT2D eigenvalue weighted by Crippen LogP contribution is -2.49. The molecule has 2 saturated heterocycles. The van der Waals surface area contributed by atoms with Gasteiger partial charge in [-0.2, -0.15) is 0 Å². The highest BCUT2D eigenvalue weighted by atomic mass is 16.2. The molecular formula is C20H29N3O2. The first-order valence-electron chi connectivity index (χ1n) is 9.44. The van der Waals surface area contributed by atoms with Gasteiger partial charge in [-0.1, -0.05) is 6.07 Å². The van der Waals surface area contributed by atoms with Crippen molar-refractivity contribution in [2.45, 2.75) is 65.0 Å². The first kappa shape index (κ1) is 17.8. The van der Waals surface area contributed by atoms with Crippen LogP contribution >= 0.6 is 0 Å². The highest BCUT2D eigenvalue weighted by molar-refractivity contribution is 5.97. The van der Waals surface area contributed by atoms with Crippen LogP contribution in [0, 0.1) is 6.92 Å². The Morgan fingerprint density at radius 1 is 1.20 bits per heavy atom. The van der Waals surface area contributed by atoms with E-state index in [0.29, 0.717) is 25.0 Å². The van der Waals surface area contributed by atoms with Crippen LogP contribution in [0.15, 0.2) is 18.2 Å². The van der Waals surface area contributed by atoms with Crippen molar-refractivity contribution in [3.05, 3.63) is 23.8 Å². The zero-order valence-electron chi connectivity index (χ0n) is 15.5. The molecule has 2 atom stereocenters. The molecule has 0 spiro atoms. The molecule has 1 N–H and O–H groups in total. The fourth-order valence-electron chi connectivity index (χ4n) is 4.19. The van der Waals surface area contributed by atoms with E-state index in [0.717, 1.165) is 42.7 Å². The van der Waals surface area contributed by atoms with Crippen molar-refractivity contribution in [2.24, 2.45) is 0 Å². The van der Waals surface area contributed by atoms with E-state index in [2.05, 4.69) is 19.2 Å². The number of carbonyl (C=O) groups excluding carboxylic acids is 2. The van der Waals surface area contributed by atoms with E-state index in [1.807, 2.05) is 34.9 Å². The van der Waals surface area contributed by atoms with Crippen LogP contribution in [0.3, 0.4) is 0 Å². The summed E-state index contributed by atoms with van der Waals surface area (Å²) in [5.41, 5.74) is 2.92. The molecule has 0 radical (unpaired) electrons. The van der Waals surface area contributed by atoms with Crippen LogP contribution in [0.4, 0.5) is 11.4 Å². The summed E-state index contributed by atoms with van der Waals surface area (Å²) in [5, 5.41) is 3.30. The molecule has 3 rings (SSSR count). The van der Waals surface area contributed by atoms with Crippen LogP contribution < -0.4 is 10.2 Å². The SMILES string of the molecule is Cc1c(NCC(=O)N2C(C)CCCC2C)cccc1N1CCCC1=O. The highest BCUT2D eigenvalue weighted by Crippen LogP contribution is 2.30. The summed E-state index contributed by atoms with van der Waals surface area (Å²) < 4.78 is 0. The van der Waals surface area contributed by atoms with E-state index in [1.165, 1.54) is 6.42 Å². The number of likely N-dealkylation sites (tertiary alicyclic amines) is 1. The van der Waals surface area contributed by atoms with Crippen molar-refractivity contribution < 1.29 is 9.59 Å². The molecule has 5 nitrogen and oxygen atoms in total. The van der Waals surface area contributed by atoms with Crippen LogP contribution in [0.25, 0.3) is 0 Å². The maximum absolute atomic E-state index is 12.7. The second kappa shape index (κ2) is 7.46. The number of rotatable bonds is 4. The Hall–Kier alpha value is -2.04. The normalized spacial score (nSPS) is 23.9. The molecule has 136 valence electrons. The summed E-state index contributed by atoms with van der Waals surface area (Å²) in [6.45, 7) is 7.37. The van der Waals surface area contributed by atoms with Crippen LogP contribution in [-0.2, 0) is 9.59 Å². The number of amides is 2. The highest BCUT2D eigenvalue weighted by Gasteiger charge is 2.29. The van der Waals surface area contributed by atoms with Crippen molar-refractivity contribution in [1.29, 1.82) is 0 Å². The Labute approximate surface area is 150 Å². The Balaban J connectivity index is 1.69. The Morgan fingerprint density at radius 3 is 2.56 bits per heavy atom. The minimum absolute atomic E-state index is 0.154. The molecule has 0 aromatic heterocycles. The van der Waals surface area contributed by atoms with Crippen molar-refractivity contribution >= 4 is 23.2 Å². The van der Waals surface area contributed by atoms with Gasteiger partial charge in [0.15, 0.2) is 0 Å². The number of benzene rings is 1. The minimum atomic E-state index is 0.154. The molecule has 25 heavy (non-hydrogen) atoms. The van der Waals surface area contributed by atoms with Gasteiger partial charge >= 0.3 is 0 Å². The Morgan fingerprint density at radius 2 is 1.92 bits per heavy atom. The van der Waals surface area contributed by atoms with Crippen LogP contribution in [0.5, 0.6) is 0 Å². The lowest BCUT2D eigenvalue weighted by Gasteiger charge is -2.39. The third kappa shape index (κ3) is 3.65. The topological polar surface area (TPSA) is 52.7 Å². The molecule has 2 fully saturated rings. The molecule has 2 aliphatic heterocycles. The maximum atomic E-state index is 12.7. The number of piperidine rings is 1. The van der Waals surface area contributed by atoms with Crippen molar-refractivity contribution in [3.63, 3.8) is 0 Å². The molecule has 1 aromatic carbocycles.